The molecule has 0 aliphatic rings. The normalized spacial score (nSPS) is 10.0. The molecule has 2 aromatic rings. The zero-order valence-corrected chi connectivity index (χ0v) is 13.7. The Balaban J connectivity index is 1.88. The van der Waals surface area contributed by atoms with Gasteiger partial charge < -0.3 is 4.74 Å². The Morgan fingerprint density at radius 3 is 2.48 bits per heavy atom. The molecule has 2 N–H and O–H groups in total. The van der Waals surface area contributed by atoms with E-state index in [2.05, 4.69) is 10.9 Å². The molecule has 2 amide bonds. The fourth-order valence-electron chi connectivity index (χ4n) is 2.01. The van der Waals surface area contributed by atoms with Crippen molar-refractivity contribution >= 4 is 17.5 Å². The zero-order valence-electron chi connectivity index (χ0n) is 13.7. The number of hydrogen-bond donors (Lipinski definition) is 2. The fourth-order valence-corrected chi connectivity index (χ4v) is 2.01. The highest BCUT2D eigenvalue weighted by molar-refractivity contribution is 5.99. The van der Waals surface area contributed by atoms with Gasteiger partial charge in [0.2, 0.25) is 0 Å². The molecule has 8 nitrogen and oxygen atoms in total. The van der Waals surface area contributed by atoms with E-state index in [1.54, 1.807) is 12.1 Å². The lowest BCUT2D eigenvalue weighted by molar-refractivity contribution is -0.385. The first-order valence-electron chi connectivity index (χ1n) is 7.41. The number of rotatable bonds is 5. The Bertz CT molecular complexity index is 820. The van der Waals surface area contributed by atoms with Crippen LogP contribution in [0, 0.1) is 24.0 Å². The molecule has 0 saturated heterocycles. The van der Waals surface area contributed by atoms with Gasteiger partial charge in [-0.3, -0.25) is 30.6 Å². The number of carbonyl (C=O) groups is 2. The summed E-state index contributed by atoms with van der Waals surface area (Å²) in [7, 11) is 0. The average molecular weight is 343 g/mol. The fraction of sp³-hybridized carbons (Fsp3) is 0.176. The number of ether oxygens (including phenoxy) is 1. The van der Waals surface area contributed by atoms with E-state index in [-0.39, 0.29) is 17.9 Å². The van der Waals surface area contributed by atoms with Crippen LogP contribution in [-0.2, 0) is 4.79 Å². The maximum Gasteiger partial charge on any atom is 0.282 e. The minimum Gasteiger partial charge on any atom is -0.484 e. The van der Waals surface area contributed by atoms with Gasteiger partial charge in [-0.1, -0.05) is 18.2 Å². The van der Waals surface area contributed by atoms with Crippen LogP contribution in [0.4, 0.5) is 5.69 Å². The number of hydrogen-bond acceptors (Lipinski definition) is 5. The number of hydrazine groups is 1. The number of para-hydroxylation sites is 1. The summed E-state index contributed by atoms with van der Waals surface area (Å²) in [5.41, 5.74) is 5.92. The maximum absolute atomic E-state index is 12.0. The summed E-state index contributed by atoms with van der Waals surface area (Å²) in [5.74, 6) is -0.847. The van der Waals surface area contributed by atoms with Crippen molar-refractivity contribution < 1.29 is 19.2 Å². The van der Waals surface area contributed by atoms with Crippen LogP contribution in [0.3, 0.4) is 0 Å². The number of nitro groups is 1. The number of nitro benzene ring substituents is 1. The molecule has 25 heavy (non-hydrogen) atoms. The third kappa shape index (κ3) is 4.77. The van der Waals surface area contributed by atoms with E-state index in [1.807, 2.05) is 19.9 Å². The smallest absolute Gasteiger partial charge is 0.282 e. The van der Waals surface area contributed by atoms with Gasteiger partial charge in [-0.25, -0.2) is 0 Å². The van der Waals surface area contributed by atoms with Crippen LogP contribution in [0.2, 0.25) is 0 Å². The third-order valence-corrected chi connectivity index (χ3v) is 3.51. The van der Waals surface area contributed by atoms with Crippen molar-refractivity contribution in [1.29, 1.82) is 0 Å². The minimum absolute atomic E-state index is 0.150. The predicted molar refractivity (Wildman–Crippen MR) is 90.1 cm³/mol. The van der Waals surface area contributed by atoms with Crippen molar-refractivity contribution in [2.75, 3.05) is 6.61 Å². The highest BCUT2D eigenvalue weighted by Gasteiger charge is 2.19. The standard InChI is InChI=1S/C17H17N3O5/c1-11-7-8-13(9-12(11)2)25-10-16(21)18-19-17(22)14-5-3-4-6-15(14)20(23)24/h3-9H,10H2,1-2H3,(H,18,21)(H,19,22). The topological polar surface area (TPSA) is 111 Å². The van der Waals surface area contributed by atoms with Crippen LogP contribution in [-0.4, -0.2) is 23.3 Å². The minimum atomic E-state index is -0.785. The van der Waals surface area contributed by atoms with Crippen LogP contribution in [0.5, 0.6) is 5.75 Å². The molecule has 0 saturated carbocycles. The van der Waals surface area contributed by atoms with Crippen molar-refractivity contribution in [3.05, 3.63) is 69.3 Å². The molecule has 0 atom stereocenters. The third-order valence-electron chi connectivity index (χ3n) is 3.51. The quantitative estimate of drug-likeness (QED) is 0.638. The highest BCUT2D eigenvalue weighted by atomic mass is 16.6. The van der Waals surface area contributed by atoms with E-state index in [9.17, 15) is 19.7 Å². The molecule has 0 heterocycles. The maximum atomic E-state index is 12.0. The molecule has 0 spiro atoms. The van der Waals surface area contributed by atoms with Crippen molar-refractivity contribution in [2.24, 2.45) is 0 Å². The number of aryl methyl sites for hydroxylation is 2. The van der Waals surface area contributed by atoms with Crippen molar-refractivity contribution in [1.82, 2.24) is 10.9 Å². The van der Waals surface area contributed by atoms with Crippen molar-refractivity contribution in [2.45, 2.75) is 13.8 Å². The van der Waals surface area contributed by atoms with Crippen molar-refractivity contribution in [3.63, 3.8) is 0 Å². The molecule has 2 rings (SSSR count). The Hall–Kier alpha value is -3.42. The zero-order chi connectivity index (χ0) is 18.4. The Morgan fingerprint density at radius 1 is 1.08 bits per heavy atom. The molecule has 0 aliphatic heterocycles. The van der Waals surface area contributed by atoms with Gasteiger partial charge in [0.25, 0.3) is 17.5 Å². The molecule has 0 unspecified atom stereocenters. The second-order valence-electron chi connectivity index (χ2n) is 5.31. The molecule has 2 aromatic carbocycles. The lowest BCUT2D eigenvalue weighted by Crippen LogP contribution is -2.44. The van der Waals surface area contributed by atoms with Gasteiger partial charge in [0.15, 0.2) is 6.61 Å². The summed E-state index contributed by atoms with van der Waals surface area (Å²) in [4.78, 5) is 33.9. The summed E-state index contributed by atoms with van der Waals surface area (Å²) in [6.45, 7) is 3.58. The van der Waals surface area contributed by atoms with E-state index >= 15 is 0 Å². The molecule has 0 fully saturated rings. The molecule has 0 aliphatic carbocycles. The van der Waals surface area contributed by atoms with Crippen LogP contribution in [0.25, 0.3) is 0 Å². The molecule has 0 aromatic heterocycles. The number of nitrogens with one attached hydrogen (secondary N) is 2. The second-order valence-corrected chi connectivity index (χ2v) is 5.31. The summed E-state index contributed by atoms with van der Waals surface area (Å²) < 4.78 is 5.33. The SMILES string of the molecule is Cc1ccc(OCC(=O)NNC(=O)c2ccccc2[N+](=O)[O-])cc1C. The van der Waals surface area contributed by atoms with Gasteiger partial charge in [-0.05, 0) is 43.2 Å². The number of amides is 2. The first-order chi connectivity index (χ1) is 11.9. The molecule has 8 heteroatoms. The number of carbonyl (C=O) groups excluding carboxylic acids is 2. The lowest BCUT2D eigenvalue weighted by Gasteiger charge is -2.10. The van der Waals surface area contributed by atoms with Crippen LogP contribution >= 0.6 is 0 Å². The average Bonchev–Trinajstić information content (AvgIpc) is 2.60. The summed E-state index contributed by atoms with van der Waals surface area (Å²) in [6, 6.07) is 10.9. The second kappa shape index (κ2) is 7.91. The number of benzene rings is 2. The van der Waals surface area contributed by atoms with Gasteiger partial charge in [0, 0.05) is 6.07 Å². The van der Waals surface area contributed by atoms with Crippen molar-refractivity contribution in [3.8, 4) is 5.75 Å². The molecule has 0 bridgehead atoms. The van der Waals surface area contributed by atoms with E-state index in [4.69, 9.17) is 4.74 Å². The van der Waals surface area contributed by atoms with Gasteiger partial charge in [-0.15, -0.1) is 0 Å². The Morgan fingerprint density at radius 2 is 1.80 bits per heavy atom. The molecular weight excluding hydrogens is 326 g/mol. The molecule has 0 radical (unpaired) electrons. The number of nitrogens with zero attached hydrogens (tertiary/aromatic N) is 1. The van der Waals surface area contributed by atoms with E-state index < -0.39 is 16.7 Å². The van der Waals surface area contributed by atoms with Crippen LogP contribution in [0.1, 0.15) is 21.5 Å². The lowest BCUT2D eigenvalue weighted by atomic mass is 10.1. The van der Waals surface area contributed by atoms with Gasteiger partial charge >= 0.3 is 0 Å². The predicted octanol–water partition coefficient (Wildman–Crippen LogP) is 2.05. The van der Waals surface area contributed by atoms with Gasteiger partial charge in [0.05, 0.1) is 4.92 Å². The van der Waals surface area contributed by atoms with Gasteiger partial charge in [0.1, 0.15) is 11.3 Å². The largest absolute Gasteiger partial charge is 0.484 e. The first kappa shape index (κ1) is 17.9. The monoisotopic (exact) mass is 343 g/mol. The summed E-state index contributed by atoms with van der Waals surface area (Å²) in [5, 5.41) is 10.9. The van der Waals surface area contributed by atoms with E-state index in [0.717, 1.165) is 11.1 Å². The van der Waals surface area contributed by atoms with E-state index in [0.29, 0.717) is 5.75 Å². The Kier molecular flexibility index (Phi) is 5.67. The van der Waals surface area contributed by atoms with Gasteiger partial charge in [-0.2, -0.15) is 0 Å². The van der Waals surface area contributed by atoms with Crippen LogP contribution in [0.15, 0.2) is 42.5 Å². The summed E-state index contributed by atoms with van der Waals surface area (Å²) >= 11 is 0. The van der Waals surface area contributed by atoms with Crippen LogP contribution < -0.4 is 15.6 Å². The summed E-state index contributed by atoms with van der Waals surface area (Å²) in [6.07, 6.45) is 0. The molecule has 130 valence electrons. The highest BCUT2D eigenvalue weighted by Crippen LogP contribution is 2.17. The molecular formula is C17H17N3O5. The van der Waals surface area contributed by atoms with E-state index in [1.165, 1.54) is 24.3 Å². The first-order valence-corrected chi connectivity index (χ1v) is 7.41. The Labute approximate surface area is 143 Å².